The SMILES string of the molecule is Cc1ccc2nc(CCl)n(Cc3cnn(C)c3C)c2c1. The number of hydrogen-bond donors (Lipinski definition) is 0. The predicted molar refractivity (Wildman–Crippen MR) is 81.1 cm³/mol. The van der Waals surface area contributed by atoms with Crippen LogP contribution in [0.25, 0.3) is 11.0 Å². The number of rotatable bonds is 3. The third-order valence-electron chi connectivity index (χ3n) is 3.77. The quantitative estimate of drug-likeness (QED) is 0.694. The van der Waals surface area contributed by atoms with E-state index in [2.05, 4.69) is 40.6 Å². The second kappa shape index (κ2) is 4.94. The van der Waals surface area contributed by atoms with Crippen molar-refractivity contribution < 1.29 is 0 Å². The predicted octanol–water partition coefficient (Wildman–Crippen LogP) is 3.17. The van der Waals surface area contributed by atoms with Crippen LogP contribution in [0.4, 0.5) is 0 Å². The van der Waals surface area contributed by atoms with Crippen molar-refractivity contribution in [3.8, 4) is 0 Å². The highest BCUT2D eigenvalue weighted by Gasteiger charge is 2.13. The number of benzene rings is 1. The molecule has 4 nitrogen and oxygen atoms in total. The van der Waals surface area contributed by atoms with Gasteiger partial charge in [0.05, 0.1) is 29.7 Å². The zero-order chi connectivity index (χ0) is 14.3. The molecule has 0 saturated heterocycles. The van der Waals surface area contributed by atoms with Gasteiger partial charge in [-0.15, -0.1) is 11.6 Å². The van der Waals surface area contributed by atoms with E-state index in [9.17, 15) is 0 Å². The molecule has 0 aliphatic carbocycles. The minimum absolute atomic E-state index is 0.410. The first-order chi connectivity index (χ1) is 9.60. The Balaban J connectivity index is 2.14. The van der Waals surface area contributed by atoms with E-state index in [1.54, 1.807) is 0 Å². The van der Waals surface area contributed by atoms with Crippen molar-refractivity contribution in [2.24, 2.45) is 7.05 Å². The van der Waals surface area contributed by atoms with Crippen LogP contribution in [0, 0.1) is 13.8 Å². The van der Waals surface area contributed by atoms with Gasteiger partial charge in [-0.3, -0.25) is 4.68 Å². The molecule has 0 fully saturated rings. The summed E-state index contributed by atoms with van der Waals surface area (Å²) < 4.78 is 4.07. The van der Waals surface area contributed by atoms with Crippen molar-refractivity contribution in [1.82, 2.24) is 19.3 Å². The highest BCUT2D eigenvalue weighted by molar-refractivity contribution is 6.16. The van der Waals surface area contributed by atoms with Gasteiger partial charge in [-0.05, 0) is 31.5 Å². The molecule has 3 aromatic rings. The first-order valence-electron chi connectivity index (χ1n) is 6.59. The Hall–Kier alpha value is -1.81. The molecule has 20 heavy (non-hydrogen) atoms. The molecule has 0 N–H and O–H groups in total. The number of imidazole rings is 1. The first kappa shape index (κ1) is 13.2. The maximum absolute atomic E-state index is 6.05. The Morgan fingerprint density at radius 3 is 2.70 bits per heavy atom. The van der Waals surface area contributed by atoms with Gasteiger partial charge in [-0.25, -0.2) is 4.98 Å². The first-order valence-corrected chi connectivity index (χ1v) is 7.13. The van der Waals surface area contributed by atoms with Crippen molar-refractivity contribution in [2.75, 3.05) is 0 Å². The van der Waals surface area contributed by atoms with Gasteiger partial charge in [-0.2, -0.15) is 5.10 Å². The average Bonchev–Trinajstić information content (AvgIpc) is 2.94. The molecular formula is C15H17ClN4. The molecule has 5 heteroatoms. The summed E-state index contributed by atoms with van der Waals surface area (Å²) in [6.45, 7) is 4.92. The van der Waals surface area contributed by atoms with Gasteiger partial charge in [-0.1, -0.05) is 6.07 Å². The van der Waals surface area contributed by atoms with E-state index >= 15 is 0 Å². The fraction of sp³-hybridized carbons (Fsp3) is 0.333. The van der Waals surface area contributed by atoms with Crippen LogP contribution < -0.4 is 0 Å². The van der Waals surface area contributed by atoms with Crippen molar-refractivity contribution in [3.63, 3.8) is 0 Å². The molecule has 1 aromatic carbocycles. The highest BCUT2D eigenvalue weighted by atomic mass is 35.5. The maximum Gasteiger partial charge on any atom is 0.125 e. The van der Waals surface area contributed by atoms with Crippen molar-refractivity contribution in [1.29, 1.82) is 0 Å². The van der Waals surface area contributed by atoms with Gasteiger partial charge in [0.15, 0.2) is 0 Å². The Morgan fingerprint density at radius 2 is 2.05 bits per heavy atom. The van der Waals surface area contributed by atoms with E-state index in [0.717, 1.165) is 23.4 Å². The third-order valence-corrected chi connectivity index (χ3v) is 4.01. The summed E-state index contributed by atoms with van der Waals surface area (Å²) in [5, 5.41) is 4.30. The molecule has 0 aliphatic rings. The Kier molecular flexibility index (Phi) is 3.26. The lowest BCUT2D eigenvalue weighted by atomic mass is 10.2. The van der Waals surface area contributed by atoms with Gasteiger partial charge in [0.2, 0.25) is 0 Å². The molecule has 3 rings (SSSR count). The van der Waals surface area contributed by atoms with Crippen LogP contribution in [0.5, 0.6) is 0 Å². The summed E-state index contributed by atoms with van der Waals surface area (Å²) in [5.41, 5.74) is 5.71. The van der Waals surface area contributed by atoms with Crippen LogP contribution in [0.1, 0.15) is 22.6 Å². The molecule has 0 aliphatic heterocycles. The molecule has 0 radical (unpaired) electrons. The summed E-state index contributed by atoms with van der Waals surface area (Å²) >= 11 is 6.05. The third kappa shape index (κ3) is 2.10. The normalized spacial score (nSPS) is 11.4. The molecule has 0 atom stereocenters. The van der Waals surface area contributed by atoms with Gasteiger partial charge in [0.25, 0.3) is 0 Å². The van der Waals surface area contributed by atoms with E-state index in [0.29, 0.717) is 5.88 Å². The van der Waals surface area contributed by atoms with Crippen molar-refractivity contribution in [3.05, 3.63) is 47.0 Å². The van der Waals surface area contributed by atoms with Crippen LogP contribution in [-0.2, 0) is 19.5 Å². The van der Waals surface area contributed by atoms with Gasteiger partial charge < -0.3 is 4.57 Å². The second-order valence-corrected chi connectivity index (χ2v) is 5.39. The smallest absolute Gasteiger partial charge is 0.125 e. The molecule has 2 aromatic heterocycles. The van der Waals surface area contributed by atoms with Crippen molar-refractivity contribution in [2.45, 2.75) is 26.3 Å². The summed E-state index contributed by atoms with van der Waals surface area (Å²) in [4.78, 5) is 4.61. The van der Waals surface area contributed by atoms with Crippen LogP contribution >= 0.6 is 11.6 Å². The van der Waals surface area contributed by atoms with Gasteiger partial charge >= 0.3 is 0 Å². The van der Waals surface area contributed by atoms with Gasteiger partial charge in [0.1, 0.15) is 5.82 Å². The number of nitrogens with zero attached hydrogens (tertiary/aromatic N) is 4. The Bertz CT molecular complexity index is 770. The van der Waals surface area contributed by atoms with Gasteiger partial charge in [0, 0.05) is 18.3 Å². The van der Waals surface area contributed by atoms with Crippen LogP contribution in [-0.4, -0.2) is 19.3 Å². The van der Waals surface area contributed by atoms with Crippen LogP contribution in [0.15, 0.2) is 24.4 Å². The van der Waals surface area contributed by atoms with E-state index in [1.807, 2.05) is 24.0 Å². The summed E-state index contributed by atoms with van der Waals surface area (Å²) in [5.74, 6) is 1.31. The largest absolute Gasteiger partial charge is 0.322 e. The number of aromatic nitrogens is 4. The monoisotopic (exact) mass is 288 g/mol. The molecule has 0 bridgehead atoms. The Labute approximate surface area is 123 Å². The van der Waals surface area contributed by atoms with Crippen LogP contribution in [0.3, 0.4) is 0 Å². The van der Waals surface area contributed by atoms with Crippen molar-refractivity contribution >= 4 is 22.6 Å². The number of hydrogen-bond acceptors (Lipinski definition) is 2. The zero-order valence-corrected chi connectivity index (χ0v) is 12.6. The summed E-state index contributed by atoms with van der Waals surface area (Å²) in [6, 6.07) is 6.28. The highest BCUT2D eigenvalue weighted by Crippen LogP contribution is 2.21. The number of halogens is 1. The molecule has 2 heterocycles. The van der Waals surface area contributed by atoms with E-state index in [1.165, 1.54) is 16.8 Å². The topological polar surface area (TPSA) is 35.6 Å². The average molecular weight is 289 g/mol. The number of alkyl halides is 1. The lowest BCUT2D eigenvalue weighted by Crippen LogP contribution is -2.05. The number of aryl methyl sites for hydroxylation is 2. The minimum Gasteiger partial charge on any atom is -0.322 e. The Morgan fingerprint density at radius 1 is 1.25 bits per heavy atom. The number of fused-ring (bicyclic) bond motifs is 1. The molecule has 0 amide bonds. The second-order valence-electron chi connectivity index (χ2n) is 5.12. The maximum atomic E-state index is 6.05. The lowest BCUT2D eigenvalue weighted by molar-refractivity contribution is 0.729. The summed E-state index contributed by atoms with van der Waals surface area (Å²) in [6.07, 6.45) is 1.91. The fourth-order valence-corrected chi connectivity index (χ4v) is 2.63. The van der Waals surface area contributed by atoms with E-state index in [-0.39, 0.29) is 0 Å². The minimum atomic E-state index is 0.410. The van der Waals surface area contributed by atoms with E-state index in [4.69, 9.17) is 11.6 Å². The van der Waals surface area contributed by atoms with Crippen LogP contribution in [0.2, 0.25) is 0 Å². The zero-order valence-electron chi connectivity index (χ0n) is 11.9. The molecule has 0 saturated carbocycles. The van der Waals surface area contributed by atoms with E-state index < -0.39 is 0 Å². The molecule has 0 spiro atoms. The molecule has 104 valence electrons. The standard InChI is InChI=1S/C15H17ClN4/c1-10-4-5-13-14(6-10)20(15(7-16)18-13)9-12-8-17-19(3)11(12)2/h4-6,8H,7,9H2,1-3H3. The molecular weight excluding hydrogens is 272 g/mol. The fourth-order valence-electron chi connectivity index (χ4n) is 2.43. The lowest BCUT2D eigenvalue weighted by Gasteiger charge is -2.08. The molecule has 0 unspecified atom stereocenters. The summed E-state index contributed by atoms with van der Waals surface area (Å²) in [7, 11) is 1.96.